The second-order valence-corrected chi connectivity index (χ2v) is 5.74. The van der Waals surface area contributed by atoms with Crippen LogP contribution in [0.5, 0.6) is 0 Å². The van der Waals surface area contributed by atoms with E-state index in [9.17, 15) is 0 Å². The molecule has 2 unspecified atom stereocenters. The maximum atomic E-state index is 6.75. The van der Waals surface area contributed by atoms with Gasteiger partial charge in [-0.25, -0.2) is 0 Å². The first-order valence-corrected chi connectivity index (χ1v) is 7.03. The number of fused-ring (bicyclic) bond motifs is 1. The number of nitrogens with two attached hydrogens (primary N) is 1. The Hall–Kier alpha value is -0.820. The van der Waals surface area contributed by atoms with Gasteiger partial charge in [-0.2, -0.15) is 0 Å². The second-order valence-electron chi connectivity index (χ2n) is 5.74. The van der Waals surface area contributed by atoms with Gasteiger partial charge in [0.1, 0.15) is 0 Å². The second kappa shape index (κ2) is 5.22. The highest BCUT2D eigenvalue weighted by molar-refractivity contribution is 5.34. The first kappa shape index (κ1) is 12.6. The average molecular weight is 231 g/mol. The molecule has 1 aliphatic rings. The van der Waals surface area contributed by atoms with E-state index in [1.807, 2.05) is 0 Å². The molecule has 17 heavy (non-hydrogen) atoms. The summed E-state index contributed by atoms with van der Waals surface area (Å²) in [7, 11) is 0. The summed E-state index contributed by atoms with van der Waals surface area (Å²) >= 11 is 0. The third kappa shape index (κ3) is 2.71. The molecule has 1 aromatic carbocycles. The van der Waals surface area contributed by atoms with Gasteiger partial charge in [0.05, 0.1) is 0 Å². The maximum Gasteiger partial charge on any atom is 0.0414 e. The van der Waals surface area contributed by atoms with Crippen LogP contribution in [-0.4, -0.2) is 0 Å². The van der Waals surface area contributed by atoms with Crippen LogP contribution in [0.25, 0.3) is 0 Å². The minimum Gasteiger partial charge on any atom is -0.321 e. The highest BCUT2D eigenvalue weighted by Gasteiger charge is 2.31. The topological polar surface area (TPSA) is 26.0 Å². The standard InChI is InChI=1S/C16H25N/c1-3-13(2)12-16(17)11-7-6-9-14-8-4-5-10-15(14)16/h4-5,8,10,13H,3,6-7,9,11-12,17H2,1-2H3. The molecule has 0 spiro atoms. The van der Waals surface area contributed by atoms with Crippen LogP contribution < -0.4 is 5.73 Å². The van der Waals surface area contributed by atoms with E-state index >= 15 is 0 Å². The fourth-order valence-electron chi connectivity index (χ4n) is 3.09. The minimum atomic E-state index is -0.0808. The van der Waals surface area contributed by atoms with E-state index < -0.39 is 0 Å². The first-order chi connectivity index (χ1) is 8.15. The number of rotatable bonds is 3. The lowest BCUT2D eigenvalue weighted by atomic mass is 9.78. The van der Waals surface area contributed by atoms with E-state index in [-0.39, 0.29) is 5.54 Å². The molecule has 0 saturated heterocycles. The molecule has 94 valence electrons. The summed E-state index contributed by atoms with van der Waals surface area (Å²) in [5.74, 6) is 0.714. The molecular weight excluding hydrogens is 206 g/mol. The van der Waals surface area contributed by atoms with Crippen molar-refractivity contribution in [2.75, 3.05) is 0 Å². The van der Waals surface area contributed by atoms with Crippen LogP contribution in [0.15, 0.2) is 24.3 Å². The Morgan fingerprint density at radius 1 is 1.29 bits per heavy atom. The van der Waals surface area contributed by atoms with Gasteiger partial charge in [-0.3, -0.25) is 0 Å². The van der Waals surface area contributed by atoms with Crippen molar-refractivity contribution in [3.05, 3.63) is 35.4 Å². The lowest BCUT2D eigenvalue weighted by molar-refractivity contribution is 0.306. The number of aryl methyl sites for hydroxylation is 1. The van der Waals surface area contributed by atoms with Gasteiger partial charge in [-0.1, -0.05) is 51.0 Å². The Kier molecular flexibility index (Phi) is 3.88. The molecule has 2 atom stereocenters. The van der Waals surface area contributed by atoms with Gasteiger partial charge < -0.3 is 5.73 Å². The predicted octanol–water partition coefficient (Wildman–Crippen LogP) is 4.00. The van der Waals surface area contributed by atoms with Gasteiger partial charge in [0.2, 0.25) is 0 Å². The molecule has 1 heteroatoms. The molecule has 0 radical (unpaired) electrons. The summed E-state index contributed by atoms with van der Waals surface area (Å²) in [5.41, 5.74) is 9.56. The summed E-state index contributed by atoms with van der Waals surface area (Å²) in [6.45, 7) is 4.58. The monoisotopic (exact) mass is 231 g/mol. The Balaban J connectivity index is 2.32. The van der Waals surface area contributed by atoms with Crippen LogP contribution in [0.4, 0.5) is 0 Å². The Labute approximate surface area is 105 Å². The molecule has 0 saturated carbocycles. The van der Waals surface area contributed by atoms with Crippen molar-refractivity contribution in [2.24, 2.45) is 11.7 Å². The van der Waals surface area contributed by atoms with Gasteiger partial charge in [0.15, 0.2) is 0 Å². The van der Waals surface area contributed by atoms with Crippen molar-refractivity contribution in [3.8, 4) is 0 Å². The van der Waals surface area contributed by atoms with Crippen LogP contribution in [0.1, 0.15) is 57.1 Å². The Bertz CT molecular complexity index is 372. The highest BCUT2D eigenvalue weighted by Crippen LogP contribution is 2.37. The van der Waals surface area contributed by atoms with Crippen LogP contribution in [-0.2, 0) is 12.0 Å². The molecule has 0 amide bonds. The number of hydrogen-bond donors (Lipinski definition) is 1. The molecule has 0 heterocycles. The zero-order valence-corrected chi connectivity index (χ0v) is 11.2. The van der Waals surface area contributed by atoms with E-state index in [1.54, 1.807) is 0 Å². The highest BCUT2D eigenvalue weighted by atomic mass is 14.7. The zero-order chi connectivity index (χ0) is 12.3. The van der Waals surface area contributed by atoms with E-state index in [0.29, 0.717) is 5.92 Å². The van der Waals surface area contributed by atoms with Gasteiger partial charge in [-0.15, -0.1) is 0 Å². The SMILES string of the molecule is CCC(C)CC1(N)CCCCc2ccccc21. The molecule has 1 aromatic rings. The van der Waals surface area contributed by atoms with Crippen molar-refractivity contribution in [1.82, 2.24) is 0 Å². The largest absolute Gasteiger partial charge is 0.321 e. The third-order valence-corrected chi connectivity index (χ3v) is 4.28. The average Bonchev–Trinajstić information content (AvgIpc) is 2.50. The summed E-state index contributed by atoms with van der Waals surface area (Å²) in [4.78, 5) is 0. The van der Waals surface area contributed by atoms with Crippen molar-refractivity contribution in [1.29, 1.82) is 0 Å². The lowest BCUT2D eigenvalue weighted by Gasteiger charge is -2.33. The van der Waals surface area contributed by atoms with E-state index in [2.05, 4.69) is 38.1 Å². The van der Waals surface area contributed by atoms with Crippen molar-refractivity contribution in [3.63, 3.8) is 0 Å². The first-order valence-electron chi connectivity index (χ1n) is 7.03. The molecule has 0 aliphatic heterocycles. The smallest absolute Gasteiger partial charge is 0.0414 e. The van der Waals surface area contributed by atoms with Gasteiger partial charge in [-0.05, 0) is 42.7 Å². The molecular formula is C16H25N. The van der Waals surface area contributed by atoms with Crippen LogP contribution in [0.3, 0.4) is 0 Å². The summed E-state index contributed by atoms with van der Waals surface area (Å²) in [6, 6.07) is 8.80. The molecule has 0 bridgehead atoms. The van der Waals surface area contributed by atoms with Crippen LogP contribution in [0, 0.1) is 5.92 Å². The normalized spacial score (nSPS) is 26.1. The predicted molar refractivity (Wildman–Crippen MR) is 73.9 cm³/mol. The summed E-state index contributed by atoms with van der Waals surface area (Å²) < 4.78 is 0. The fraction of sp³-hybridized carbons (Fsp3) is 0.625. The van der Waals surface area contributed by atoms with E-state index in [1.165, 1.54) is 36.8 Å². The molecule has 2 N–H and O–H groups in total. The van der Waals surface area contributed by atoms with Crippen LogP contribution >= 0.6 is 0 Å². The quantitative estimate of drug-likeness (QED) is 0.782. The fourth-order valence-corrected chi connectivity index (χ4v) is 3.09. The maximum absolute atomic E-state index is 6.75. The summed E-state index contributed by atoms with van der Waals surface area (Å²) in [6.07, 6.45) is 7.25. The summed E-state index contributed by atoms with van der Waals surface area (Å²) in [5, 5.41) is 0. The Morgan fingerprint density at radius 3 is 2.82 bits per heavy atom. The number of hydrogen-bond acceptors (Lipinski definition) is 1. The Morgan fingerprint density at radius 2 is 2.06 bits per heavy atom. The minimum absolute atomic E-state index is 0.0808. The molecule has 1 aliphatic carbocycles. The van der Waals surface area contributed by atoms with Crippen molar-refractivity contribution < 1.29 is 0 Å². The lowest BCUT2D eigenvalue weighted by Crippen LogP contribution is -2.38. The van der Waals surface area contributed by atoms with E-state index in [0.717, 1.165) is 12.8 Å². The van der Waals surface area contributed by atoms with Gasteiger partial charge >= 0.3 is 0 Å². The zero-order valence-electron chi connectivity index (χ0n) is 11.2. The van der Waals surface area contributed by atoms with Crippen LogP contribution in [0.2, 0.25) is 0 Å². The van der Waals surface area contributed by atoms with Crippen molar-refractivity contribution in [2.45, 2.75) is 57.9 Å². The van der Waals surface area contributed by atoms with Gasteiger partial charge in [0.25, 0.3) is 0 Å². The molecule has 1 nitrogen and oxygen atoms in total. The number of benzene rings is 1. The van der Waals surface area contributed by atoms with Crippen molar-refractivity contribution >= 4 is 0 Å². The van der Waals surface area contributed by atoms with Gasteiger partial charge in [0, 0.05) is 5.54 Å². The molecule has 0 fully saturated rings. The third-order valence-electron chi connectivity index (χ3n) is 4.28. The molecule has 2 rings (SSSR count). The molecule has 0 aromatic heterocycles. The van der Waals surface area contributed by atoms with E-state index in [4.69, 9.17) is 5.73 Å².